The molecule has 56 valence electrons. The van der Waals surface area contributed by atoms with E-state index >= 15 is 0 Å². The summed E-state index contributed by atoms with van der Waals surface area (Å²) in [5, 5.41) is 9.21. The van der Waals surface area contributed by atoms with E-state index in [-0.39, 0.29) is 11.5 Å². The van der Waals surface area contributed by atoms with E-state index in [0.717, 1.165) is 12.8 Å². The van der Waals surface area contributed by atoms with Gasteiger partial charge in [-0.2, -0.15) is 0 Å². The van der Waals surface area contributed by atoms with Crippen molar-refractivity contribution < 1.29 is 5.11 Å². The molecule has 1 atom stereocenters. The quantitative estimate of drug-likeness (QED) is 0.621. The lowest BCUT2D eigenvalue weighted by Crippen LogP contribution is -2.25. The second-order valence-corrected chi connectivity index (χ2v) is 3.41. The predicted molar refractivity (Wildman–Crippen MR) is 40.4 cm³/mol. The molecule has 1 unspecified atom stereocenters. The largest absolute Gasteiger partial charge is 0.393 e. The van der Waals surface area contributed by atoms with Crippen molar-refractivity contribution >= 4 is 0 Å². The van der Waals surface area contributed by atoms with E-state index in [1.54, 1.807) is 0 Å². The summed E-state index contributed by atoms with van der Waals surface area (Å²) in [6, 6.07) is 0. The van der Waals surface area contributed by atoms with Crippen molar-refractivity contribution in [1.82, 2.24) is 0 Å². The summed E-state index contributed by atoms with van der Waals surface area (Å²) in [6.45, 7) is 8.20. The van der Waals surface area contributed by atoms with Gasteiger partial charge in [0, 0.05) is 0 Å². The molecular formula is C8H18O. The van der Waals surface area contributed by atoms with Crippen molar-refractivity contribution in [3.05, 3.63) is 0 Å². The van der Waals surface area contributed by atoms with E-state index in [0.29, 0.717) is 0 Å². The van der Waals surface area contributed by atoms with E-state index in [1.165, 1.54) is 0 Å². The van der Waals surface area contributed by atoms with Crippen LogP contribution in [-0.4, -0.2) is 11.2 Å². The standard InChI is InChI=1S/C8H18O/c1-5-6-8(3,4)7(2)9/h7,9H,5-6H2,1-4H3. The number of rotatable bonds is 3. The highest BCUT2D eigenvalue weighted by Crippen LogP contribution is 2.25. The monoisotopic (exact) mass is 130 g/mol. The fraction of sp³-hybridized carbons (Fsp3) is 1.00. The van der Waals surface area contributed by atoms with Gasteiger partial charge >= 0.3 is 0 Å². The van der Waals surface area contributed by atoms with Gasteiger partial charge in [0.1, 0.15) is 0 Å². The van der Waals surface area contributed by atoms with Crippen LogP contribution in [0.5, 0.6) is 0 Å². The first-order chi connectivity index (χ1) is 4.00. The Kier molecular flexibility index (Phi) is 3.20. The van der Waals surface area contributed by atoms with Crippen LogP contribution in [0.1, 0.15) is 40.5 Å². The predicted octanol–water partition coefficient (Wildman–Crippen LogP) is 2.19. The van der Waals surface area contributed by atoms with Crippen molar-refractivity contribution in [2.45, 2.75) is 46.6 Å². The molecule has 0 saturated heterocycles. The minimum atomic E-state index is -0.183. The van der Waals surface area contributed by atoms with Gasteiger partial charge in [0.25, 0.3) is 0 Å². The third-order valence-corrected chi connectivity index (χ3v) is 2.03. The van der Waals surface area contributed by atoms with E-state index in [2.05, 4.69) is 20.8 Å². The molecule has 0 rings (SSSR count). The smallest absolute Gasteiger partial charge is 0.0563 e. The Labute approximate surface area is 58.1 Å². The van der Waals surface area contributed by atoms with Crippen LogP contribution >= 0.6 is 0 Å². The summed E-state index contributed by atoms with van der Waals surface area (Å²) >= 11 is 0. The minimum absolute atomic E-state index is 0.106. The fourth-order valence-electron chi connectivity index (χ4n) is 0.853. The van der Waals surface area contributed by atoms with Crippen LogP contribution in [0.2, 0.25) is 0 Å². The molecular weight excluding hydrogens is 112 g/mol. The molecule has 0 radical (unpaired) electrons. The Balaban J connectivity index is 3.70. The zero-order valence-electron chi connectivity index (χ0n) is 6.94. The Morgan fingerprint density at radius 2 is 1.89 bits per heavy atom. The average Bonchev–Trinajstić information content (AvgIpc) is 1.65. The molecule has 0 aromatic rings. The molecule has 0 spiro atoms. The first-order valence-electron chi connectivity index (χ1n) is 3.68. The van der Waals surface area contributed by atoms with Gasteiger partial charge in [-0.05, 0) is 18.8 Å². The molecule has 0 aliphatic carbocycles. The molecule has 0 aliphatic heterocycles. The van der Waals surface area contributed by atoms with Gasteiger partial charge in [-0.25, -0.2) is 0 Å². The van der Waals surface area contributed by atoms with Gasteiger partial charge in [-0.1, -0.05) is 27.2 Å². The number of hydrogen-bond acceptors (Lipinski definition) is 1. The Morgan fingerprint density at radius 3 is 2.00 bits per heavy atom. The van der Waals surface area contributed by atoms with Crippen LogP contribution in [0.15, 0.2) is 0 Å². The van der Waals surface area contributed by atoms with Gasteiger partial charge in [0.2, 0.25) is 0 Å². The minimum Gasteiger partial charge on any atom is -0.393 e. The molecule has 0 fully saturated rings. The van der Waals surface area contributed by atoms with Crippen LogP contribution in [0, 0.1) is 5.41 Å². The SMILES string of the molecule is CCCC(C)(C)C(C)O. The summed E-state index contributed by atoms with van der Waals surface area (Å²) in [4.78, 5) is 0. The van der Waals surface area contributed by atoms with Gasteiger partial charge < -0.3 is 5.11 Å². The summed E-state index contributed by atoms with van der Waals surface area (Å²) in [7, 11) is 0. The maximum absolute atomic E-state index is 9.21. The molecule has 0 aromatic heterocycles. The van der Waals surface area contributed by atoms with Crippen LogP contribution in [0.25, 0.3) is 0 Å². The van der Waals surface area contributed by atoms with Crippen LogP contribution in [-0.2, 0) is 0 Å². The molecule has 1 heteroatoms. The second kappa shape index (κ2) is 3.21. The lowest BCUT2D eigenvalue weighted by molar-refractivity contribution is 0.0592. The Hall–Kier alpha value is -0.0400. The second-order valence-electron chi connectivity index (χ2n) is 3.41. The van der Waals surface area contributed by atoms with Crippen molar-refractivity contribution in [3.63, 3.8) is 0 Å². The first-order valence-corrected chi connectivity index (χ1v) is 3.68. The number of hydrogen-bond donors (Lipinski definition) is 1. The molecule has 1 nitrogen and oxygen atoms in total. The van der Waals surface area contributed by atoms with E-state index in [1.807, 2.05) is 6.92 Å². The number of aliphatic hydroxyl groups is 1. The van der Waals surface area contributed by atoms with E-state index < -0.39 is 0 Å². The Bertz CT molecular complexity index is 74.6. The maximum atomic E-state index is 9.21. The van der Waals surface area contributed by atoms with Crippen LogP contribution in [0.4, 0.5) is 0 Å². The summed E-state index contributed by atoms with van der Waals surface area (Å²) in [5.74, 6) is 0. The van der Waals surface area contributed by atoms with Gasteiger partial charge in [-0.15, -0.1) is 0 Å². The summed E-state index contributed by atoms with van der Waals surface area (Å²) in [5.41, 5.74) is 0.106. The number of aliphatic hydroxyl groups excluding tert-OH is 1. The van der Waals surface area contributed by atoms with Crippen molar-refractivity contribution in [2.75, 3.05) is 0 Å². The molecule has 0 aliphatic rings. The molecule has 0 amide bonds. The van der Waals surface area contributed by atoms with E-state index in [4.69, 9.17) is 0 Å². The van der Waals surface area contributed by atoms with Crippen molar-refractivity contribution in [1.29, 1.82) is 0 Å². The van der Waals surface area contributed by atoms with Crippen molar-refractivity contribution in [3.8, 4) is 0 Å². The molecule has 1 N–H and O–H groups in total. The molecule has 0 saturated carbocycles. The van der Waals surface area contributed by atoms with Gasteiger partial charge in [-0.3, -0.25) is 0 Å². The lowest BCUT2D eigenvalue weighted by Gasteiger charge is -2.27. The summed E-state index contributed by atoms with van der Waals surface area (Å²) < 4.78 is 0. The van der Waals surface area contributed by atoms with Crippen LogP contribution in [0.3, 0.4) is 0 Å². The topological polar surface area (TPSA) is 20.2 Å². The highest BCUT2D eigenvalue weighted by Gasteiger charge is 2.21. The van der Waals surface area contributed by atoms with Gasteiger partial charge in [0.15, 0.2) is 0 Å². The first kappa shape index (κ1) is 8.96. The fourth-order valence-corrected chi connectivity index (χ4v) is 0.853. The average molecular weight is 130 g/mol. The zero-order valence-corrected chi connectivity index (χ0v) is 6.94. The highest BCUT2D eigenvalue weighted by molar-refractivity contribution is 4.72. The Morgan fingerprint density at radius 1 is 1.44 bits per heavy atom. The highest BCUT2D eigenvalue weighted by atomic mass is 16.3. The molecule has 0 bridgehead atoms. The lowest BCUT2D eigenvalue weighted by atomic mass is 9.83. The van der Waals surface area contributed by atoms with Crippen molar-refractivity contribution in [2.24, 2.45) is 5.41 Å². The van der Waals surface area contributed by atoms with Crippen LogP contribution < -0.4 is 0 Å². The maximum Gasteiger partial charge on any atom is 0.0563 e. The normalized spacial score (nSPS) is 15.7. The third kappa shape index (κ3) is 2.85. The third-order valence-electron chi connectivity index (χ3n) is 2.03. The summed E-state index contributed by atoms with van der Waals surface area (Å²) in [6.07, 6.45) is 2.07. The van der Waals surface area contributed by atoms with Gasteiger partial charge in [0.05, 0.1) is 6.10 Å². The molecule has 0 heterocycles. The molecule has 9 heavy (non-hydrogen) atoms. The van der Waals surface area contributed by atoms with E-state index in [9.17, 15) is 5.11 Å². The molecule has 0 aromatic carbocycles. The zero-order chi connectivity index (χ0) is 7.49.